The van der Waals surface area contributed by atoms with E-state index < -0.39 is 5.41 Å². The maximum Gasteiger partial charge on any atom is 0.145 e. The summed E-state index contributed by atoms with van der Waals surface area (Å²) in [5.74, 6) is 1.06. The Bertz CT molecular complexity index is 433. The summed E-state index contributed by atoms with van der Waals surface area (Å²) in [5, 5.41) is 0. The highest BCUT2D eigenvalue weighted by molar-refractivity contribution is 5.89. The summed E-state index contributed by atoms with van der Waals surface area (Å²) in [6.07, 6.45) is 0. The van der Waals surface area contributed by atoms with Crippen molar-refractivity contribution in [3.63, 3.8) is 0 Å². The normalized spacial score (nSPS) is 17.4. The average molecular weight is 234 g/mol. The first-order chi connectivity index (χ1) is 8.10. The van der Waals surface area contributed by atoms with Gasteiger partial charge in [0.1, 0.15) is 16.9 Å². The van der Waals surface area contributed by atoms with Gasteiger partial charge in [0, 0.05) is 0 Å². The van der Waals surface area contributed by atoms with Crippen LogP contribution in [-0.2, 0) is 14.9 Å². The van der Waals surface area contributed by atoms with Crippen molar-refractivity contribution in [3.05, 3.63) is 29.3 Å². The van der Waals surface area contributed by atoms with Gasteiger partial charge in [-0.15, -0.1) is 0 Å². The van der Waals surface area contributed by atoms with E-state index >= 15 is 0 Å². The van der Waals surface area contributed by atoms with Crippen molar-refractivity contribution < 1.29 is 14.3 Å². The molecule has 0 radical (unpaired) electrons. The minimum absolute atomic E-state index is 0.173. The Hall–Kier alpha value is -1.35. The van der Waals surface area contributed by atoms with Gasteiger partial charge in [-0.05, 0) is 38.0 Å². The van der Waals surface area contributed by atoms with Gasteiger partial charge in [0.2, 0.25) is 0 Å². The zero-order chi connectivity index (χ0) is 12.5. The Morgan fingerprint density at radius 2 is 2.18 bits per heavy atom. The predicted molar refractivity (Wildman–Crippen MR) is 65.5 cm³/mol. The summed E-state index contributed by atoms with van der Waals surface area (Å²) in [5.41, 5.74) is 1.68. The van der Waals surface area contributed by atoms with E-state index in [9.17, 15) is 4.79 Å². The smallest absolute Gasteiger partial charge is 0.145 e. The van der Waals surface area contributed by atoms with Gasteiger partial charge in [-0.25, -0.2) is 0 Å². The van der Waals surface area contributed by atoms with Crippen LogP contribution in [0.3, 0.4) is 0 Å². The second-order valence-corrected chi connectivity index (χ2v) is 4.54. The van der Waals surface area contributed by atoms with Crippen molar-refractivity contribution in [2.24, 2.45) is 0 Å². The van der Waals surface area contributed by atoms with E-state index in [1.165, 1.54) is 0 Å². The molecule has 3 nitrogen and oxygen atoms in total. The number of carbonyl (C=O) groups is 1. The SMILES string of the molecule is CCOc1ccc(C2(C(C)=O)COC2)cc1C. The van der Waals surface area contributed by atoms with Crippen molar-refractivity contribution >= 4 is 5.78 Å². The van der Waals surface area contributed by atoms with Crippen LogP contribution < -0.4 is 4.74 Å². The van der Waals surface area contributed by atoms with E-state index in [0.717, 1.165) is 16.9 Å². The Labute approximate surface area is 102 Å². The molecular formula is C14H18O3. The zero-order valence-corrected chi connectivity index (χ0v) is 10.6. The minimum atomic E-state index is -0.421. The summed E-state index contributed by atoms with van der Waals surface area (Å²) in [7, 11) is 0. The Morgan fingerprint density at radius 1 is 1.47 bits per heavy atom. The standard InChI is InChI=1S/C14H18O3/c1-4-17-13-6-5-12(7-10(13)2)14(11(3)15)8-16-9-14/h5-7H,4,8-9H2,1-3H3. The molecule has 1 aliphatic heterocycles. The molecule has 1 aromatic carbocycles. The summed E-state index contributed by atoms with van der Waals surface area (Å²) < 4.78 is 10.7. The van der Waals surface area contributed by atoms with Crippen molar-refractivity contribution in [1.29, 1.82) is 0 Å². The molecule has 0 amide bonds. The van der Waals surface area contributed by atoms with Gasteiger partial charge in [0.15, 0.2) is 0 Å². The Morgan fingerprint density at radius 3 is 2.59 bits per heavy atom. The molecule has 0 unspecified atom stereocenters. The van der Waals surface area contributed by atoms with Gasteiger partial charge >= 0.3 is 0 Å². The third-order valence-electron chi connectivity index (χ3n) is 3.40. The van der Waals surface area contributed by atoms with Crippen LogP contribution in [0.5, 0.6) is 5.75 Å². The van der Waals surface area contributed by atoms with Gasteiger partial charge in [-0.3, -0.25) is 4.79 Å². The molecular weight excluding hydrogens is 216 g/mol. The van der Waals surface area contributed by atoms with Crippen molar-refractivity contribution in [3.8, 4) is 5.75 Å². The maximum absolute atomic E-state index is 11.8. The second kappa shape index (κ2) is 4.49. The fourth-order valence-electron chi connectivity index (χ4n) is 2.14. The molecule has 0 N–H and O–H groups in total. The highest BCUT2D eigenvalue weighted by Crippen LogP contribution is 2.35. The molecule has 92 valence electrons. The molecule has 0 bridgehead atoms. The molecule has 2 rings (SSSR count). The topological polar surface area (TPSA) is 35.5 Å². The number of carbonyl (C=O) groups excluding carboxylic acids is 1. The summed E-state index contributed by atoms with van der Waals surface area (Å²) in [6, 6.07) is 5.95. The van der Waals surface area contributed by atoms with Crippen LogP contribution in [0.1, 0.15) is 25.0 Å². The zero-order valence-electron chi connectivity index (χ0n) is 10.6. The first kappa shape index (κ1) is 12.1. The largest absolute Gasteiger partial charge is 0.494 e. The van der Waals surface area contributed by atoms with Crippen LogP contribution in [0.4, 0.5) is 0 Å². The van der Waals surface area contributed by atoms with Gasteiger partial charge in [-0.1, -0.05) is 12.1 Å². The number of benzene rings is 1. The quantitative estimate of drug-likeness (QED) is 0.801. The number of aryl methyl sites for hydroxylation is 1. The van der Waals surface area contributed by atoms with Crippen LogP contribution >= 0.6 is 0 Å². The molecule has 0 saturated carbocycles. The molecule has 0 atom stereocenters. The number of ketones is 1. The van der Waals surface area contributed by atoms with Crippen LogP contribution in [-0.4, -0.2) is 25.6 Å². The lowest BCUT2D eigenvalue weighted by Gasteiger charge is -2.39. The number of hydrogen-bond acceptors (Lipinski definition) is 3. The number of hydrogen-bond donors (Lipinski definition) is 0. The fraction of sp³-hybridized carbons (Fsp3) is 0.500. The highest BCUT2D eigenvalue weighted by atomic mass is 16.5. The number of ether oxygens (including phenoxy) is 2. The number of Topliss-reactive ketones (excluding diaryl/α,β-unsaturated/α-hetero) is 1. The third kappa shape index (κ3) is 1.95. The summed E-state index contributed by atoms with van der Waals surface area (Å²) >= 11 is 0. The number of rotatable bonds is 4. The Balaban J connectivity index is 2.34. The van der Waals surface area contributed by atoms with Crippen molar-refractivity contribution in [2.45, 2.75) is 26.2 Å². The lowest BCUT2D eigenvalue weighted by molar-refractivity contribution is -0.140. The van der Waals surface area contributed by atoms with Crippen LogP contribution in [0.15, 0.2) is 18.2 Å². The van der Waals surface area contributed by atoms with Gasteiger partial charge in [-0.2, -0.15) is 0 Å². The maximum atomic E-state index is 11.8. The van der Waals surface area contributed by atoms with E-state index in [1.807, 2.05) is 32.0 Å². The third-order valence-corrected chi connectivity index (χ3v) is 3.40. The molecule has 1 aromatic rings. The summed E-state index contributed by atoms with van der Waals surface area (Å²) in [4.78, 5) is 11.8. The molecule has 1 heterocycles. The molecule has 1 fully saturated rings. The van der Waals surface area contributed by atoms with Gasteiger partial charge in [0.25, 0.3) is 0 Å². The van der Waals surface area contributed by atoms with E-state index in [4.69, 9.17) is 9.47 Å². The van der Waals surface area contributed by atoms with E-state index in [0.29, 0.717) is 19.8 Å². The molecule has 0 aliphatic carbocycles. The monoisotopic (exact) mass is 234 g/mol. The lowest BCUT2D eigenvalue weighted by atomic mass is 9.75. The molecule has 3 heteroatoms. The Kier molecular flexibility index (Phi) is 3.20. The second-order valence-electron chi connectivity index (χ2n) is 4.54. The molecule has 0 spiro atoms. The summed E-state index contributed by atoms with van der Waals surface area (Å²) in [6.45, 7) is 7.24. The van der Waals surface area contributed by atoms with Crippen LogP contribution in [0.25, 0.3) is 0 Å². The minimum Gasteiger partial charge on any atom is -0.494 e. The van der Waals surface area contributed by atoms with E-state index in [2.05, 4.69) is 0 Å². The lowest BCUT2D eigenvalue weighted by Crippen LogP contribution is -2.52. The molecule has 1 saturated heterocycles. The molecule has 17 heavy (non-hydrogen) atoms. The predicted octanol–water partition coefficient (Wildman–Crippen LogP) is 2.25. The van der Waals surface area contributed by atoms with Crippen LogP contribution in [0, 0.1) is 6.92 Å². The molecule has 1 aliphatic rings. The van der Waals surface area contributed by atoms with Gasteiger partial charge < -0.3 is 9.47 Å². The highest BCUT2D eigenvalue weighted by Gasteiger charge is 2.44. The van der Waals surface area contributed by atoms with Crippen LogP contribution in [0.2, 0.25) is 0 Å². The van der Waals surface area contributed by atoms with Crippen molar-refractivity contribution in [1.82, 2.24) is 0 Å². The molecule has 0 aromatic heterocycles. The van der Waals surface area contributed by atoms with E-state index in [1.54, 1.807) is 6.92 Å². The van der Waals surface area contributed by atoms with Crippen molar-refractivity contribution in [2.75, 3.05) is 19.8 Å². The van der Waals surface area contributed by atoms with E-state index in [-0.39, 0.29) is 5.78 Å². The van der Waals surface area contributed by atoms with Gasteiger partial charge in [0.05, 0.1) is 19.8 Å². The average Bonchev–Trinajstić information content (AvgIpc) is 2.20. The fourth-order valence-corrected chi connectivity index (χ4v) is 2.14. The first-order valence-electron chi connectivity index (χ1n) is 5.93. The first-order valence-corrected chi connectivity index (χ1v) is 5.93.